The topological polar surface area (TPSA) is 86.4 Å². The van der Waals surface area contributed by atoms with Crippen LogP contribution >= 0.6 is 0 Å². The van der Waals surface area contributed by atoms with Crippen LogP contribution in [0, 0.1) is 12.8 Å². The van der Waals surface area contributed by atoms with Gasteiger partial charge >= 0.3 is 0 Å². The van der Waals surface area contributed by atoms with E-state index in [2.05, 4.69) is 25.8 Å². The summed E-state index contributed by atoms with van der Waals surface area (Å²) in [5.74, 6) is 1.38. The van der Waals surface area contributed by atoms with E-state index >= 15 is 0 Å². The molecule has 0 bridgehead atoms. The fraction of sp³-hybridized carbons (Fsp3) is 0.667. The third kappa shape index (κ3) is 6.19. The highest BCUT2D eigenvalue weighted by atomic mass is 16.2. The lowest BCUT2D eigenvalue weighted by Gasteiger charge is -2.37. The summed E-state index contributed by atoms with van der Waals surface area (Å²) in [6.07, 6.45) is 8.39. The molecule has 0 aromatic carbocycles. The van der Waals surface area contributed by atoms with Crippen molar-refractivity contribution in [2.45, 2.75) is 51.5 Å². The summed E-state index contributed by atoms with van der Waals surface area (Å²) in [6, 6.07) is 3.57. The molecule has 1 aliphatic heterocycles. The highest BCUT2D eigenvalue weighted by molar-refractivity contribution is 5.88. The zero-order valence-electron chi connectivity index (χ0n) is 16.9. The summed E-state index contributed by atoms with van der Waals surface area (Å²) in [5.41, 5.74) is 1.14. The standard InChI is InChI=1S/C21H33N5O2/c1-16-7-8-22-19(13-16)23-9-10-24-20(27)14-18-21(28)25-11-12-26(18)15-17-5-3-2-4-6-17/h7-8,13,17-18H,2-6,9-12,14-15H2,1H3,(H,22,23)(H,24,27)(H,25,28). The molecule has 1 saturated heterocycles. The van der Waals surface area contributed by atoms with Gasteiger partial charge in [-0.05, 0) is 43.4 Å². The van der Waals surface area contributed by atoms with Crippen LogP contribution in [-0.4, -0.2) is 60.5 Å². The van der Waals surface area contributed by atoms with Crippen molar-refractivity contribution in [2.75, 3.05) is 38.0 Å². The second kappa shape index (κ2) is 10.4. The molecule has 7 nitrogen and oxygen atoms in total. The lowest BCUT2D eigenvalue weighted by Crippen LogP contribution is -2.57. The van der Waals surface area contributed by atoms with Gasteiger partial charge in [0, 0.05) is 38.9 Å². The van der Waals surface area contributed by atoms with Crippen molar-refractivity contribution in [3.8, 4) is 0 Å². The molecule has 0 radical (unpaired) electrons. The average molecular weight is 388 g/mol. The van der Waals surface area contributed by atoms with Crippen molar-refractivity contribution in [2.24, 2.45) is 5.92 Å². The molecule has 154 valence electrons. The first-order valence-corrected chi connectivity index (χ1v) is 10.6. The van der Waals surface area contributed by atoms with E-state index in [9.17, 15) is 9.59 Å². The SMILES string of the molecule is Cc1ccnc(NCCNC(=O)CC2C(=O)NCCN2CC2CCCCC2)c1. The Kier molecular flexibility index (Phi) is 7.65. The van der Waals surface area contributed by atoms with Gasteiger partial charge in [-0.2, -0.15) is 0 Å². The summed E-state index contributed by atoms with van der Waals surface area (Å²) < 4.78 is 0. The lowest BCUT2D eigenvalue weighted by molar-refractivity contribution is -0.134. The monoisotopic (exact) mass is 387 g/mol. The van der Waals surface area contributed by atoms with Crippen LogP contribution in [0.2, 0.25) is 0 Å². The van der Waals surface area contributed by atoms with Crippen LogP contribution in [-0.2, 0) is 9.59 Å². The smallest absolute Gasteiger partial charge is 0.237 e. The zero-order chi connectivity index (χ0) is 19.8. The molecule has 3 N–H and O–H groups in total. The van der Waals surface area contributed by atoms with Crippen LogP contribution in [0.25, 0.3) is 0 Å². The van der Waals surface area contributed by atoms with Crippen molar-refractivity contribution in [3.05, 3.63) is 23.9 Å². The lowest BCUT2D eigenvalue weighted by atomic mass is 9.88. The molecule has 1 unspecified atom stereocenters. The number of anilines is 1. The van der Waals surface area contributed by atoms with E-state index < -0.39 is 0 Å². The van der Waals surface area contributed by atoms with Gasteiger partial charge in [-0.15, -0.1) is 0 Å². The van der Waals surface area contributed by atoms with Crippen LogP contribution < -0.4 is 16.0 Å². The van der Waals surface area contributed by atoms with E-state index in [1.54, 1.807) is 6.20 Å². The molecule has 2 heterocycles. The number of pyridine rings is 1. The summed E-state index contributed by atoms with van der Waals surface area (Å²) in [5, 5.41) is 9.04. The van der Waals surface area contributed by atoms with Gasteiger partial charge in [-0.25, -0.2) is 4.98 Å². The fourth-order valence-corrected chi connectivity index (χ4v) is 4.18. The zero-order valence-corrected chi connectivity index (χ0v) is 16.9. The number of hydrogen-bond acceptors (Lipinski definition) is 5. The molecule has 3 rings (SSSR count). The Morgan fingerprint density at radius 2 is 2.11 bits per heavy atom. The third-order valence-electron chi connectivity index (χ3n) is 5.71. The van der Waals surface area contributed by atoms with Gasteiger partial charge in [0.05, 0.1) is 12.5 Å². The van der Waals surface area contributed by atoms with Gasteiger partial charge in [-0.1, -0.05) is 19.3 Å². The minimum absolute atomic E-state index is 0.0145. The number of amides is 2. The number of carbonyl (C=O) groups is 2. The van der Waals surface area contributed by atoms with Gasteiger partial charge in [0.15, 0.2) is 0 Å². The third-order valence-corrected chi connectivity index (χ3v) is 5.71. The first kappa shape index (κ1) is 20.6. The molecule has 2 fully saturated rings. The highest BCUT2D eigenvalue weighted by Crippen LogP contribution is 2.25. The van der Waals surface area contributed by atoms with Crippen molar-refractivity contribution in [1.29, 1.82) is 0 Å². The van der Waals surface area contributed by atoms with E-state index in [1.165, 1.54) is 32.1 Å². The molecule has 28 heavy (non-hydrogen) atoms. The summed E-state index contributed by atoms with van der Waals surface area (Å²) in [7, 11) is 0. The molecule has 1 aliphatic carbocycles. The largest absolute Gasteiger partial charge is 0.368 e. The normalized spacial score (nSPS) is 21.2. The predicted octanol–water partition coefficient (Wildman–Crippen LogP) is 1.69. The molecule has 0 spiro atoms. The molecule has 1 atom stereocenters. The molecular formula is C21H33N5O2. The highest BCUT2D eigenvalue weighted by Gasteiger charge is 2.33. The second-order valence-electron chi connectivity index (χ2n) is 8.01. The number of hydrogen-bond donors (Lipinski definition) is 3. The maximum absolute atomic E-state index is 12.4. The maximum atomic E-state index is 12.4. The first-order valence-electron chi connectivity index (χ1n) is 10.6. The molecule has 1 aromatic rings. The molecule has 7 heteroatoms. The minimum Gasteiger partial charge on any atom is -0.368 e. The van der Waals surface area contributed by atoms with E-state index in [0.717, 1.165) is 24.5 Å². The van der Waals surface area contributed by atoms with Gasteiger partial charge in [0.25, 0.3) is 0 Å². The van der Waals surface area contributed by atoms with Gasteiger partial charge in [0.1, 0.15) is 5.82 Å². The van der Waals surface area contributed by atoms with Crippen LogP contribution in [0.1, 0.15) is 44.1 Å². The number of piperazine rings is 1. The first-order chi connectivity index (χ1) is 13.6. The quantitative estimate of drug-likeness (QED) is 0.591. The predicted molar refractivity (Wildman–Crippen MR) is 110 cm³/mol. The number of nitrogens with one attached hydrogen (secondary N) is 3. The van der Waals surface area contributed by atoms with Crippen molar-refractivity contribution in [1.82, 2.24) is 20.5 Å². The second-order valence-corrected chi connectivity index (χ2v) is 8.01. The summed E-state index contributed by atoms with van der Waals surface area (Å²) >= 11 is 0. The van der Waals surface area contributed by atoms with Crippen LogP contribution in [0.5, 0.6) is 0 Å². The Balaban J connectivity index is 1.42. The fourth-order valence-electron chi connectivity index (χ4n) is 4.18. The molecule has 2 aliphatic rings. The van der Waals surface area contributed by atoms with Gasteiger partial charge < -0.3 is 16.0 Å². The van der Waals surface area contributed by atoms with E-state index in [4.69, 9.17) is 0 Å². The Labute approximate surface area is 167 Å². The number of carbonyl (C=O) groups excluding carboxylic acids is 2. The minimum atomic E-state index is -0.345. The Bertz CT molecular complexity index is 660. The number of aryl methyl sites for hydroxylation is 1. The van der Waals surface area contributed by atoms with Crippen LogP contribution in [0.4, 0.5) is 5.82 Å². The van der Waals surface area contributed by atoms with Crippen molar-refractivity contribution in [3.63, 3.8) is 0 Å². The van der Waals surface area contributed by atoms with E-state index in [0.29, 0.717) is 25.6 Å². The Morgan fingerprint density at radius 1 is 1.29 bits per heavy atom. The number of aromatic nitrogens is 1. The maximum Gasteiger partial charge on any atom is 0.237 e. The van der Waals surface area contributed by atoms with Crippen molar-refractivity contribution >= 4 is 17.6 Å². The van der Waals surface area contributed by atoms with E-state index in [1.807, 2.05) is 19.1 Å². The summed E-state index contributed by atoms with van der Waals surface area (Å²) in [4.78, 5) is 31.2. The Morgan fingerprint density at radius 3 is 2.89 bits per heavy atom. The van der Waals surface area contributed by atoms with Crippen LogP contribution in [0.15, 0.2) is 18.3 Å². The van der Waals surface area contributed by atoms with Gasteiger partial charge in [-0.3, -0.25) is 14.5 Å². The molecule has 2 amide bonds. The molecule has 1 aromatic heterocycles. The number of rotatable bonds is 8. The van der Waals surface area contributed by atoms with Gasteiger partial charge in [0.2, 0.25) is 11.8 Å². The average Bonchev–Trinajstić information content (AvgIpc) is 2.69. The molecular weight excluding hydrogens is 354 g/mol. The number of nitrogens with zero attached hydrogens (tertiary/aromatic N) is 2. The Hall–Kier alpha value is -2.15. The van der Waals surface area contributed by atoms with Crippen LogP contribution in [0.3, 0.4) is 0 Å². The van der Waals surface area contributed by atoms with E-state index in [-0.39, 0.29) is 24.3 Å². The van der Waals surface area contributed by atoms with Crippen molar-refractivity contribution < 1.29 is 9.59 Å². The molecule has 1 saturated carbocycles. The summed E-state index contributed by atoms with van der Waals surface area (Å²) in [6.45, 7) is 5.57.